The Morgan fingerprint density at radius 2 is 2.06 bits per heavy atom. The van der Waals surface area contributed by atoms with Crippen LogP contribution in [-0.4, -0.2) is 26.1 Å². The molecule has 2 rings (SSSR count). The lowest BCUT2D eigenvalue weighted by atomic mass is 10.1. The molecule has 0 amide bonds. The standard InChI is InChI=1S/C13H16ClN3/c1-15-8-10-7-13(17(2)3)11-5-4-9(14)6-12(11)16-10/h4-7,15H,8H2,1-3H3. The van der Waals surface area contributed by atoms with E-state index in [0.717, 1.165) is 33.9 Å². The van der Waals surface area contributed by atoms with Crippen LogP contribution in [0.4, 0.5) is 5.69 Å². The van der Waals surface area contributed by atoms with Crippen LogP contribution in [0.25, 0.3) is 10.9 Å². The van der Waals surface area contributed by atoms with E-state index in [-0.39, 0.29) is 0 Å². The first-order chi connectivity index (χ1) is 8.11. The van der Waals surface area contributed by atoms with Gasteiger partial charge in [-0.3, -0.25) is 4.98 Å². The van der Waals surface area contributed by atoms with Crippen molar-refractivity contribution < 1.29 is 0 Å². The lowest BCUT2D eigenvalue weighted by Crippen LogP contribution is -2.12. The minimum Gasteiger partial charge on any atom is -0.377 e. The Balaban J connectivity index is 2.67. The molecule has 0 spiro atoms. The Kier molecular flexibility index (Phi) is 3.50. The van der Waals surface area contributed by atoms with Crippen molar-refractivity contribution in [2.75, 3.05) is 26.0 Å². The van der Waals surface area contributed by atoms with Gasteiger partial charge in [-0.2, -0.15) is 0 Å². The normalized spacial score (nSPS) is 10.8. The van der Waals surface area contributed by atoms with Gasteiger partial charge in [0.25, 0.3) is 0 Å². The first kappa shape index (κ1) is 12.1. The summed E-state index contributed by atoms with van der Waals surface area (Å²) in [6.07, 6.45) is 0. The van der Waals surface area contributed by atoms with Gasteiger partial charge in [0.1, 0.15) is 0 Å². The molecule has 1 aromatic carbocycles. The number of hydrogen-bond donors (Lipinski definition) is 1. The summed E-state index contributed by atoms with van der Waals surface area (Å²) in [6.45, 7) is 0.753. The average molecular weight is 250 g/mol. The zero-order chi connectivity index (χ0) is 12.4. The highest BCUT2D eigenvalue weighted by Crippen LogP contribution is 2.27. The Bertz CT molecular complexity index is 537. The monoisotopic (exact) mass is 249 g/mol. The van der Waals surface area contributed by atoms with Gasteiger partial charge >= 0.3 is 0 Å². The number of fused-ring (bicyclic) bond motifs is 1. The Hall–Kier alpha value is -1.32. The number of nitrogens with one attached hydrogen (secondary N) is 1. The van der Waals surface area contributed by atoms with Crippen LogP contribution in [0.3, 0.4) is 0 Å². The highest BCUT2D eigenvalue weighted by atomic mass is 35.5. The summed E-state index contributed by atoms with van der Waals surface area (Å²) in [5.41, 5.74) is 3.12. The van der Waals surface area contributed by atoms with E-state index in [0.29, 0.717) is 0 Å². The van der Waals surface area contributed by atoms with Crippen LogP contribution >= 0.6 is 11.6 Å². The van der Waals surface area contributed by atoms with Gasteiger partial charge < -0.3 is 10.2 Å². The minimum absolute atomic E-state index is 0.719. The van der Waals surface area contributed by atoms with Crippen molar-refractivity contribution in [1.82, 2.24) is 10.3 Å². The fourth-order valence-electron chi connectivity index (χ4n) is 1.88. The summed E-state index contributed by atoms with van der Waals surface area (Å²) < 4.78 is 0. The SMILES string of the molecule is CNCc1cc(N(C)C)c2ccc(Cl)cc2n1. The van der Waals surface area contributed by atoms with E-state index < -0.39 is 0 Å². The van der Waals surface area contributed by atoms with E-state index >= 15 is 0 Å². The van der Waals surface area contributed by atoms with Crippen LogP contribution in [0.2, 0.25) is 5.02 Å². The molecule has 1 heterocycles. The van der Waals surface area contributed by atoms with Crippen molar-refractivity contribution in [3.05, 3.63) is 35.0 Å². The number of aromatic nitrogens is 1. The second-order valence-electron chi connectivity index (χ2n) is 4.22. The molecule has 1 N–H and O–H groups in total. The third-order valence-corrected chi connectivity index (χ3v) is 2.88. The van der Waals surface area contributed by atoms with Gasteiger partial charge in [-0.1, -0.05) is 11.6 Å². The molecule has 17 heavy (non-hydrogen) atoms. The van der Waals surface area contributed by atoms with E-state index in [1.807, 2.05) is 39.3 Å². The molecule has 1 aromatic heterocycles. The van der Waals surface area contributed by atoms with E-state index in [4.69, 9.17) is 11.6 Å². The molecule has 2 aromatic rings. The Morgan fingerprint density at radius 1 is 1.29 bits per heavy atom. The van der Waals surface area contributed by atoms with Gasteiger partial charge in [-0.05, 0) is 31.3 Å². The smallest absolute Gasteiger partial charge is 0.0741 e. The molecule has 0 saturated heterocycles. The number of hydrogen-bond acceptors (Lipinski definition) is 3. The molecule has 0 radical (unpaired) electrons. The maximum atomic E-state index is 6.01. The van der Waals surface area contributed by atoms with Crippen molar-refractivity contribution in [1.29, 1.82) is 0 Å². The van der Waals surface area contributed by atoms with Gasteiger partial charge in [0.15, 0.2) is 0 Å². The van der Waals surface area contributed by atoms with Gasteiger partial charge in [0, 0.05) is 36.7 Å². The quantitative estimate of drug-likeness (QED) is 0.907. The molecule has 0 fully saturated rings. The lowest BCUT2D eigenvalue weighted by molar-refractivity contribution is 0.795. The van der Waals surface area contributed by atoms with Crippen LogP contribution < -0.4 is 10.2 Å². The van der Waals surface area contributed by atoms with Gasteiger partial charge in [0.2, 0.25) is 0 Å². The third kappa shape index (κ3) is 2.51. The highest BCUT2D eigenvalue weighted by molar-refractivity contribution is 6.31. The lowest BCUT2D eigenvalue weighted by Gasteiger charge is -2.17. The molecule has 0 aliphatic rings. The number of pyridine rings is 1. The number of rotatable bonds is 3. The molecule has 0 aliphatic carbocycles. The van der Waals surface area contributed by atoms with Gasteiger partial charge in [-0.25, -0.2) is 0 Å². The van der Waals surface area contributed by atoms with Crippen molar-refractivity contribution in [2.45, 2.75) is 6.54 Å². The number of benzene rings is 1. The molecular formula is C13H16ClN3. The summed E-state index contributed by atoms with van der Waals surface area (Å²) in [5, 5.41) is 4.96. The number of anilines is 1. The number of nitrogens with zero attached hydrogens (tertiary/aromatic N) is 2. The molecule has 90 valence electrons. The maximum Gasteiger partial charge on any atom is 0.0741 e. The second kappa shape index (κ2) is 4.90. The van der Waals surface area contributed by atoms with E-state index in [2.05, 4.69) is 21.3 Å². The predicted molar refractivity (Wildman–Crippen MR) is 73.8 cm³/mol. The summed E-state index contributed by atoms with van der Waals surface area (Å²) in [7, 11) is 5.98. The average Bonchev–Trinajstić information content (AvgIpc) is 2.27. The first-order valence-electron chi connectivity index (χ1n) is 5.53. The van der Waals surface area contributed by atoms with Crippen LogP contribution in [0.1, 0.15) is 5.69 Å². The maximum absolute atomic E-state index is 6.01. The molecule has 3 nitrogen and oxygen atoms in total. The summed E-state index contributed by atoms with van der Waals surface area (Å²) in [6, 6.07) is 7.93. The molecule has 0 unspecified atom stereocenters. The van der Waals surface area contributed by atoms with Gasteiger partial charge in [-0.15, -0.1) is 0 Å². The molecule has 0 aliphatic heterocycles. The fourth-order valence-corrected chi connectivity index (χ4v) is 2.04. The van der Waals surface area contributed by atoms with Crippen molar-refractivity contribution in [3.63, 3.8) is 0 Å². The molecule has 0 bridgehead atoms. The largest absolute Gasteiger partial charge is 0.377 e. The molecule has 0 saturated carbocycles. The van der Waals surface area contributed by atoms with Crippen LogP contribution in [0.15, 0.2) is 24.3 Å². The number of halogens is 1. The fraction of sp³-hybridized carbons (Fsp3) is 0.308. The Morgan fingerprint density at radius 3 is 2.71 bits per heavy atom. The van der Waals surface area contributed by atoms with Crippen LogP contribution in [0, 0.1) is 0 Å². The summed E-state index contributed by atoms with van der Waals surface area (Å²) in [4.78, 5) is 6.69. The molecule has 0 atom stereocenters. The van der Waals surface area contributed by atoms with E-state index in [9.17, 15) is 0 Å². The zero-order valence-electron chi connectivity index (χ0n) is 10.3. The van der Waals surface area contributed by atoms with Crippen LogP contribution in [0.5, 0.6) is 0 Å². The zero-order valence-corrected chi connectivity index (χ0v) is 11.0. The summed E-state index contributed by atoms with van der Waals surface area (Å²) >= 11 is 6.01. The van der Waals surface area contributed by atoms with E-state index in [1.165, 1.54) is 0 Å². The first-order valence-corrected chi connectivity index (χ1v) is 5.90. The van der Waals surface area contributed by atoms with Crippen molar-refractivity contribution >= 4 is 28.2 Å². The topological polar surface area (TPSA) is 28.2 Å². The minimum atomic E-state index is 0.719. The predicted octanol–water partition coefficient (Wildman–Crippen LogP) is 2.67. The molecule has 4 heteroatoms. The van der Waals surface area contributed by atoms with Gasteiger partial charge in [0.05, 0.1) is 11.2 Å². The summed E-state index contributed by atoms with van der Waals surface area (Å²) in [5.74, 6) is 0. The van der Waals surface area contributed by atoms with Crippen molar-refractivity contribution in [2.24, 2.45) is 0 Å². The highest BCUT2D eigenvalue weighted by Gasteiger charge is 2.07. The van der Waals surface area contributed by atoms with Crippen molar-refractivity contribution in [3.8, 4) is 0 Å². The van der Waals surface area contributed by atoms with E-state index in [1.54, 1.807) is 0 Å². The Labute approximate surface area is 106 Å². The molecular weight excluding hydrogens is 234 g/mol. The second-order valence-corrected chi connectivity index (χ2v) is 4.66. The van der Waals surface area contributed by atoms with Crippen LogP contribution in [-0.2, 0) is 6.54 Å². The third-order valence-electron chi connectivity index (χ3n) is 2.64.